The molecule has 0 amide bonds. The largest absolute Gasteiger partial charge is 0.495 e. The van der Waals surface area contributed by atoms with E-state index < -0.39 is 6.10 Å². The van der Waals surface area contributed by atoms with Gasteiger partial charge in [-0.1, -0.05) is 0 Å². The quantitative estimate of drug-likeness (QED) is 0.637. The molecule has 0 fully saturated rings. The van der Waals surface area contributed by atoms with Crippen molar-refractivity contribution in [2.45, 2.75) is 13.0 Å². The highest BCUT2D eigenvalue weighted by Gasteiger charge is 2.19. The molecule has 0 saturated heterocycles. The van der Waals surface area contributed by atoms with E-state index >= 15 is 0 Å². The van der Waals surface area contributed by atoms with Gasteiger partial charge < -0.3 is 14.6 Å². The lowest BCUT2D eigenvalue weighted by atomic mass is 10.2. The molecule has 0 bridgehead atoms. The highest BCUT2D eigenvalue weighted by atomic mass is 35.5. The van der Waals surface area contributed by atoms with Gasteiger partial charge in [-0.3, -0.25) is 5.41 Å². The highest BCUT2D eigenvalue weighted by Crippen LogP contribution is 2.29. The fraction of sp³-hybridized carbons (Fsp3) is 0.444. The van der Waals surface area contributed by atoms with Gasteiger partial charge in [0.25, 0.3) is 0 Å². The fourth-order valence-electron chi connectivity index (χ4n) is 1.04. The lowest BCUT2D eigenvalue weighted by Gasteiger charge is -2.12. The highest BCUT2D eigenvalue weighted by molar-refractivity contribution is 7.08. The van der Waals surface area contributed by atoms with Crippen molar-refractivity contribution in [3.8, 4) is 5.75 Å². The van der Waals surface area contributed by atoms with E-state index in [1.54, 1.807) is 17.7 Å². The van der Waals surface area contributed by atoms with Gasteiger partial charge >= 0.3 is 0 Å². The summed E-state index contributed by atoms with van der Waals surface area (Å²) in [5.41, 5.74) is 0.580. The molecule has 15 heavy (non-hydrogen) atoms. The first kappa shape index (κ1) is 14.2. The minimum Gasteiger partial charge on any atom is -0.495 e. The summed E-state index contributed by atoms with van der Waals surface area (Å²) < 4.78 is 9.94. The maximum absolute atomic E-state index is 9.70. The van der Waals surface area contributed by atoms with Crippen molar-refractivity contribution < 1.29 is 14.6 Å². The Bertz CT molecular complexity index is 316. The molecule has 1 heterocycles. The van der Waals surface area contributed by atoms with Gasteiger partial charge in [0.2, 0.25) is 5.90 Å². The van der Waals surface area contributed by atoms with Crippen LogP contribution in [0.2, 0.25) is 0 Å². The van der Waals surface area contributed by atoms with Crippen molar-refractivity contribution in [1.29, 1.82) is 5.41 Å². The van der Waals surface area contributed by atoms with E-state index in [2.05, 4.69) is 0 Å². The second-order valence-electron chi connectivity index (χ2n) is 2.60. The number of methoxy groups -OCH3 is 1. The molecule has 4 nitrogen and oxygen atoms in total. The number of aliphatic hydroxyl groups is 1. The molecule has 1 unspecified atom stereocenters. The number of hydrogen-bond acceptors (Lipinski definition) is 5. The second-order valence-corrected chi connectivity index (χ2v) is 3.34. The summed E-state index contributed by atoms with van der Waals surface area (Å²) in [6, 6.07) is 0. The Balaban J connectivity index is 0.00000196. The van der Waals surface area contributed by atoms with Crippen LogP contribution in [-0.4, -0.2) is 24.7 Å². The second kappa shape index (κ2) is 6.66. The van der Waals surface area contributed by atoms with Crippen molar-refractivity contribution in [2.24, 2.45) is 0 Å². The third-order valence-electron chi connectivity index (χ3n) is 1.72. The third-order valence-corrected chi connectivity index (χ3v) is 2.46. The van der Waals surface area contributed by atoms with Gasteiger partial charge in [-0.05, 0) is 6.92 Å². The van der Waals surface area contributed by atoms with Gasteiger partial charge in [0.15, 0.2) is 6.10 Å². The van der Waals surface area contributed by atoms with Gasteiger partial charge in [-0.2, -0.15) is 0 Å². The first-order valence-corrected chi connectivity index (χ1v) is 5.14. The van der Waals surface area contributed by atoms with E-state index in [1.807, 2.05) is 0 Å². The number of nitrogens with one attached hydrogen (secondary N) is 1. The van der Waals surface area contributed by atoms with Crippen LogP contribution in [0.3, 0.4) is 0 Å². The van der Waals surface area contributed by atoms with Gasteiger partial charge in [-0.25, -0.2) is 0 Å². The lowest BCUT2D eigenvalue weighted by molar-refractivity contribution is 0.187. The SMILES string of the molecule is CCOC(=N)C(O)c1cscc1OC.Cl. The summed E-state index contributed by atoms with van der Waals surface area (Å²) in [7, 11) is 1.53. The molecule has 1 rings (SSSR count). The van der Waals surface area contributed by atoms with Crippen molar-refractivity contribution in [1.82, 2.24) is 0 Å². The summed E-state index contributed by atoms with van der Waals surface area (Å²) in [6.07, 6.45) is -1.03. The number of ether oxygens (including phenoxy) is 2. The minimum absolute atomic E-state index is 0. The monoisotopic (exact) mass is 251 g/mol. The summed E-state index contributed by atoms with van der Waals surface area (Å²) in [4.78, 5) is 0. The molecule has 1 atom stereocenters. The maximum Gasteiger partial charge on any atom is 0.215 e. The molecule has 1 aromatic heterocycles. The van der Waals surface area contributed by atoms with Crippen LogP contribution in [0, 0.1) is 5.41 Å². The Labute approximate surface area is 98.8 Å². The van der Waals surface area contributed by atoms with Crippen LogP contribution in [-0.2, 0) is 4.74 Å². The zero-order valence-corrected chi connectivity index (χ0v) is 10.2. The Morgan fingerprint density at radius 1 is 1.60 bits per heavy atom. The van der Waals surface area contributed by atoms with E-state index in [0.717, 1.165) is 0 Å². The van der Waals surface area contributed by atoms with Crippen LogP contribution in [0.1, 0.15) is 18.6 Å². The molecule has 0 aliphatic carbocycles. The Morgan fingerprint density at radius 2 is 2.27 bits per heavy atom. The number of rotatable bonds is 4. The molecule has 0 aliphatic heterocycles. The normalized spacial score (nSPS) is 11.4. The van der Waals surface area contributed by atoms with Crippen molar-refractivity contribution >= 4 is 29.6 Å². The maximum atomic E-state index is 9.70. The molecule has 0 spiro atoms. The van der Waals surface area contributed by atoms with E-state index in [4.69, 9.17) is 14.9 Å². The molecule has 0 aliphatic rings. The lowest BCUT2D eigenvalue weighted by Crippen LogP contribution is -2.14. The summed E-state index contributed by atoms with van der Waals surface area (Å²) >= 11 is 1.42. The summed E-state index contributed by atoms with van der Waals surface area (Å²) in [5, 5.41) is 20.6. The number of halogens is 1. The standard InChI is InChI=1S/C9H13NO3S.ClH/c1-3-13-9(10)8(11)6-4-14-5-7(6)12-2;/h4-5,8,10-11H,3H2,1-2H3;1H. The van der Waals surface area contributed by atoms with E-state index in [-0.39, 0.29) is 18.3 Å². The van der Waals surface area contributed by atoms with Gasteiger partial charge in [0.1, 0.15) is 5.75 Å². The van der Waals surface area contributed by atoms with Gasteiger partial charge in [0.05, 0.1) is 13.7 Å². The van der Waals surface area contributed by atoms with Crippen LogP contribution in [0.25, 0.3) is 0 Å². The third kappa shape index (κ3) is 3.37. The van der Waals surface area contributed by atoms with Crippen molar-refractivity contribution in [2.75, 3.05) is 13.7 Å². The predicted octanol–water partition coefficient (Wildman–Crippen LogP) is 2.23. The van der Waals surface area contributed by atoms with E-state index in [0.29, 0.717) is 17.9 Å². The van der Waals surface area contributed by atoms with Crippen LogP contribution in [0.4, 0.5) is 0 Å². The number of aliphatic hydroxyl groups excluding tert-OH is 1. The summed E-state index contributed by atoms with van der Waals surface area (Å²) in [6.45, 7) is 2.15. The van der Waals surface area contributed by atoms with Crippen molar-refractivity contribution in [3.63, 3.8) is 0 Å². The fourth-order valence-corrected chi connectivity index (χ4v) is 1.85. The molecule has 1 aromatic rings. The topological polar surface area (TPSA) is 62.5 Å². The van der Waals surface area contributed by atoms with E-state index in [9.17, 15) is 5.11 Å². The number of hydrogen-bond donors (Lipinski definition) is 2. The van der Waals surface area contributed by atoms with Crippen LogP contribution in [0.5, 0.6) is 5.75 Å². The predicted molar refractivity (Wildman–Crippen MR) is 62.4 cm³/mol. The molecule has 2 N–H and O–H groups in total. The Morgan fingerprint density at radius 3 is 2.80 bits per heavy atom. The first-order valence-electron chi connectivity index (χ1n) is 4.20. The zero-order chi connectivity index (χ0) is 10.6. The average molecular weight is 252 g/mol. The van der Waals surface area contributed by atoms with Crippen molar-refractivity contribution in [3.05, 3.63) is 16.3 Å². The molecule has 86 valence electrons. The zero-order valence-electron chi connectivity index (χ0n) is 8.52. The minimum atomic E-state index is -1.03. The molecule has 0 radical (unpaired) electrons. The summed E-state index contributed by atoms with van der Waals surface area (Å²) in [5.74, 6) is 0.441. The molecule has 6 heteroatoms. The smallest absolute Gasteiger partial charge is 0.215 e. The Kier molecular flexibility index (Phi) is 6.31. The number of thiophene rings is 1. The van der Waals surface area contributed by atoms with Crippen LogP contribution in [0.15, 0.2) is 10.8 Å². The van der Waals surface area contributed by atoms with Crippen LogP contribution >= 0.6 is 23.7 Å². The molecular formula is C9H14ClNO3S. The van der Waals surface area contributed by atoms with Gasteiger partial charge in [-0.15, -0.1) is 23.7 Å². The molecule has 0 aromatic carbocycles. The van der Waals surface area contributed by atoms with E-state index in [1.165, 1.54) is 18.4 Å². The first-order chi connectivity index (χ1) is 6.70. The van der Waals surface area contributed by atoms with Gasteiger partial charge in [0, 0.05) is 16.3 Å². The Hall–Kier alpha value is -0.780. The molecule has 0 saturated carbocycles. The molecular weight excluding hydrogens is 238 g/mol. The average Bonchev–Trinajstić information content (AvgIpc) is 2.64. The van der Waals surface area contributed by atoms with Crippen LogP contribution < -0.4 is 4.74 Å².